The average Bonchev–Trinajstić information content (AvgIpc) is 3.11. The highest BCUT2D eigenvalue weighted by atomic mass is 19.1. The summed E-state index contributed by atoms with van der Waals surface area (Å²) in [5.41, 5.74) is 1.83. The van der Waals surface area contributed by atoms with Gasteiger partial charge in [-0.3, -0.25) is 9.59 Å². The molecule has 0 radical (unpaired) electrons. The number of hydrogen-bond acceptors (Lipinski definition) is 5. The van der Waals surface area contributed by atoms with Crippen molar-refractivity contribution in [2.24, 2.45) is 0 Å². The zero-order valence-electron chi connectivity index (χ0n) is 17.3. The highest BCUT2D eigenvalue weighted by Crippen LogP contribution is 2.35. The van der Waals surface area contributed by atoms with Gasteiger partial charge in [0.25, 0.3) is 11.8 Å². The van der Waals surface area contributed by atoms with E-state index in [1.165, 1.54) is 24.3 Å². The van der Waals surface area contributed by atoms with Crippen LogP contribution in [0.2, 0.25) is 0 Å². The van der Waals surface area contributed by atoms with Gasteiger partial charge in [-0.05, 0) is 42.0 Å². The van der Waals surface area contributed by atoms with E-state index >= 15 is 0 Å². The van der Waals surface area contributed by atoms with Crippen LogP contribution in [0.4, 0.5) is 15.9 Å². The third-order valence-corrected chi connectivity index (χ3v) is 5.78. The predicted octanol–water partition coefficient (Wildman–Crippen LogP) is 3.33. The fourth-order valence-corrected chi connectivity index (χ4v) is 4.20. The van der Waals surface area contributed by atoms with Gasteiger partial charge in [0.2, 0.25) is 0 Å². The smallest absolute Gasteiger partial charge is 0.282 e. The molecule has 2 aliphatic heterocycles. The van der Waals surface area contributed by atoms with Crippen LogP contribution >= 0.6 is 0 Å². The van der Waals surface area contributed by atoms with Crippen LogP contribution in [0.15, 0.2) is 84.7 Å². The Bertz CT molecular complexity index is 1170. The second-order valence-electron chi connectivity index (χ2n) is 7.67. The molecule has 2 amide bonds. The van der Waals surface area contributed by atoms with Crippen molar-refractivity contribution in [1.82, 2.24) is 9.88 Å². The quantitative estimate of drug-likeness (QED) is 0.597. The van der Waals surface area contributed by atoms with Crippen LogP contribution < -0.4 is 9.80 Å². The Hall–Kier alpha value is -4.00. The Labute approximate surface area is 185 Å². The molecular formula is C25H21FN4O2. The first-order valence-corrected chi connectivity index (χ1v) is 10.5. The lowest BCUT2D eigenvalue weighted by Crippen LogP contribution is -2.48. The van der Waals surface area contributed by atoms with Gasteiger partial charge < -0.3 is 9.80 Å². The van der Waals surface area contributed by atoms with Gasteiger partial charge in [0, 0.05) is 32.4 Å². The molecular weight excluding hydrogens is 407 g/mol. The van der Waals surface area contributed by atoms with E-state index in [-0.39, 0.29) is 5.91 Å². The minimum Gasteiger partial charge on any atom is -0.363 e. The Morgan fingerprint density at radius 1 is 0.719 bits per heavy atom. The number of pyridine rings is 1. The van der Waals surface area contributed by atoms with Crippen LogP contribution in [0.5, 0.6) is 0 Å². The van der Waals surface area contributed by atoms with Gasteiger partial charge in [0.1, 0.15) is 17.3 Å². The lowest BCUT2D eigenvalue weighted by molar-refractivity contribution is -0.120. The van der Waals surface area contributed by atoms with Crippen molar-refractivity contribution in [3.8, 4) is 0 Å². The number of hydrogen-bond donors (Lipinski definition) is 0. The van der Waals surface area contributed by atoms with Crippen molar-refractivity contribution >= 4 is 28.9 Å². The normalized spacial score (nSPS) is 16.8. The number of benzene rings is 2. The van der Waals surface area contributed by atoms with E-state index in [4.69, 9.17) is 0 Å². The monoisotopic (exact) mass is 428 g/mol. The predicted molar refractivity (Wildman–Crippen MR) is 120 cm³/mol. The van der Waals surface area contributed by atoms with E-state index in [9.17, 15) is 14.0 Å². The summed E-state index contributed by atoms with van der Waals surface area (Å²) in [6.45, 7) is 2.53. The molecule has 3 aromatic rings. The Balaban J connectivity index is 1.49. The van der Waals surface area contributed by atoms with E-state index in [1.54, 1.807) is 6.20 Å². The minimum absolute atomic E-state index is 0.358. The van der Waals surface area contributed by atoms with Crippen LogP contribution in [0.1, 0.15) is 5.56 Å². The fraction of sp³-hybridized carbons (Fsp3) is 0.160. The molecule has 1 aromatic heterocycles. The molecule has 2 aromatic carbocycles. The van der Waals surface area contributed by atoms with Crippen LogP contribution in [-0.4, -0.2) is 47.9 Å². The number of rotatable bonds is 4. The van der Waals surface area contributed by atoms with Crippen LogP contribution in [0.25, 0.3) is 5.57 Å². The number of halogens is 1. The Morgan fingerprint density at radius 2 is 1.38 bits per heavy atom. The van der Waals surface area contributed by atoms with Crippen LogP contribution in [-0.2, 0) is 9.59 Å². The second kappa shape index (κ2) is 8.26. The SMILES string of the molecule is O=C1C(c2ccccc2)=C(N2CCN(c3ccccn3)CC2)C(=O)N1c1ccc(F)cc1. The molecule has 0 aliphatic carbocycles. The van der Waals surface area contributed by atoms with Crippen LogP contribution in [0, 0.1) is 5.82 Å². The Kier molecular flexibility index (Phi) is 5.15. The molecule has 0 unspecified atom stereocenters. The molecule has 6 nitrogen and oxygen atoms in total. The molecule has 7 heteroatoms. The van der Waals surface area contributed by atoms with E-state index < -0.39 is 11.7 Å². The summed E-state index contributed by atoms with van der Waals surface area (Å²) < 4.78 is 13.4. The third kappa shape index (κ3) is 3.51. The van der Waals surface area contributed by atoms with Gasteiger partial charge in [-0.15, -0.1) is 0 Å². The van der Waals surface area contributed by atoms with Gasteiger partial charge in [-0.25, -0.2) is 14.3 Å². The molecule has 0 atom stereocenters. The summed E-state index contributed by atoms with van der Waals surface area (Å²) >= 11 is 0. The molecule has 0 spiro atoms. The lowest BCUT2D eigenvalue weighted by atomic mass is 10.0. The van der Waals surface area contributed by atoms with E-state index in [0.29, 0.717) is 48.7 Å². The molecule has 32 heavy (non-hydrogen) atoms. The van der Waals surface area contributed by atoms with Crippen molar-refractivity contribution in [3.63, 3.8) is 0 Å². The highest BCUT2D eigenvalue weighted by Gasteiger charge is 2.43. The first-order chi connectivity index (χ1) is 15.6. The van der Waals surface area contributed by atoms with Crippen molar-refractivity contribution in [1.29, 1.82) is 0 Å². The summed E-state index contributed by atoms with van der Waals surface area (Å²) in [7, 11) is 0. The standard InChI is InChI=1S/C25H21FN4O2/c26-19-9-11-20(12-10-19)30-24(31)22(18-6-2-1-3-7-18)23(25(30)32)29-16-14-28(15-17-29)21-8-4-5-13-27-21/h1-13H,14-17H2. The summed E-state index contributed by atoms with van der Waals surface area (Å²) in [5, 5.41) is 0. The molecule has 0 bridgehead atoms. The van der Waals surface area contributed by atoms with Crippen LogP contribution in [0.3, 0.4) is 0 Å². The zero-order valence-corrected chi connectivity index (χ0v) is 17.3. The fourth-order valence-electron chi connectivity index (χ4n) is 4.20. The largest absolute Gasteiger partial charge is 0.363 e. The topological polar surface area (TPSA) is 56.8 Å². The summed E-state index contributed by atoms with van der Waals surface area (Å²) in [5.74, 6) is -0.303. The summed E-state index contributed by atoms with van der Waals surface area (Å²) in [6.07, 6.45) is 1.76. The first-order valence-electron chi connectivity index (χ1n) is 10.5. The number of imide groups is 1. The minimum atomic E-state index is -0.421. The maximum absolute atomic E-state index is 13.5. The van der Waals surface area contributed by atoms with Gasteiger partial charge in [0.15, 0.2) is 0 Å². The van der Waals surface area contributed by atoms with E-state index in [0.717, 1.165) is 10.7 Å². The molecule has 3 heterocycles. The number of piperazine rings is 1. The third-order valence-electron chi connectivity index (χ3n) is 5.78. The lowest BCUT2D eigenvalue weighted by Gasteiger charge is -2.37. The van der Waals surface area contributed by atoms with Gasteiger partial charge in [-0.2, -0.15) is 0 Å². The maximum Gasteiger partial charge on any atom is 0.282 e. The van der Waals surface area contributed by atoms with Crippen molar-refractivity contribution in [2.45, 2.75) is 0 Å². The van der Waals surface area contributed by atoms with Crippen molar-refractivity contribution in [2.75, 3.05) is 36.0 Å². The first kappa shape index (κ1) is 19.9. The van der Waals surface area contributed by atoms with Gasteiger partial charge >= 0.3 is 0 Å². The average molecular weight is 428 g/mol. The number of carbonyl (C=O) groups is 2. The molecule has 0 saturated carbocycles. The highest BCUT2D eigenvalue weighted by molar-refractivity contribution is 6.45. The number of aromatic nitrogens is 1. The number of anilines is 2. The second-order valence-corrected chi connectivity index (χ2v) is 7.67. The molecule has 160 valence electrons. The molecule has 2 aliphatic rings. The van der Waals surface area contributed by atoms with Crippen molar-refractivity contribution in [3.05, 3.63) is 96.1 Å². The molecule has 1 fully saturated rings. The van der Waals surface area contributed by atoms with Gasteiger partial charge in [0.05, 0.1) is 11.3 Å². The Morgan fingerprint density at radius 3 is 2.03 bits per heavy atom. The van der Waals surface area contributed by atoms with Gasteiger partial charge in [-0.1, -0.05) is 36.4 Å². The van der Waals surface area contributed by atoms with E-state index in [1.807, 2.05) is 53.4 Å². The number of carbonyl (C=O) groups excluding carboxylic acids is 2. The zero-order chi connectivity index (χ0) is 22.1. The number of amides is 2. The number of nitrogens with zero attached hydrogens (tertiary/aromatic N) is 4. The van der Waals surface area contributed by atoms with E-state index in [2.05, 4.69) is 9.88 Å². The molecule has 5 rings (SSSR count). The summed E-state index contributed by atoms with van der Waals surface area (Å²) in [4.78, 5) is 36.7. The molecule has 1 saturated heterocycles. The maximum atomic E-state index is 13.5. The van der Waals surface area contributed by atoms with Crippen molar-refractivity contribution < 1.29 is 14.0 Å². The summed E-state index contributed by atoms with van der Waals surface area (Å²) in [6, 6.07) is 20.4. The molecule has 0 N–H and O–H groups in total.